The van der Waals surface area contributed by atoms with Crippen LogP contribution in [-0.4, -0.2) is 31.9 Å². The van der Waals surface area contributed by atoms with Crippen LogP contribution in [0.15, 0.2) is 29.3 Å². The van der Waals surface area contributed by atoms with Gasteiger partial charge in [-0.1, -0.05) is 0 Å². The molecule has 3 heterocycles. The highest BCUT2D eigenvalue weighted by Gasteiger charge is 2.18. The van der Waals surface area contributed by atoms with E-state index < -0.39 is 6.04 Å². The van der Waals surface area contributed by atoms with Gasteiger partial charge in [-0.05, 0) is 44.5 Å². The molecule has 0 aliphatic carbocycles. The number of carbonyl (C=O) groups is 1. The molecule has 0 fully saturated rings. The largest absolute Gasteiger partial charge is 0.358 e. The Balaban J connectivity index is 1.54. The number of benzene rings is 1. The highest BCUT2D eigenvalue weighted by atomic mass is 32.1. The number of anilines is 2. The summed E-state index contributed by atoms with van der Waals surface area (Å²) in [4.78, 5) is 40.0. The maximum Gasteiger partial charge on any atom is 0.323 e. The Morgan fingerprint density at radius 1 is 1.19 bits per heavy atom. The van der Waals surface area contributed by atoms with Crippen molar-refractivity contribution in [3.05, 3.63) is 45.5 Å². The number of hydrogen-bond acceptors (Lipinski definition) is 6. The fourth-order valence-corrected chi connectivity index (χ4v) is 3.92. The van der Waals surface area contributed by atoms with Crippen LogP contribution in [0.4, 0.5) is 11.5 Å². The molecule has 0 bridgehead atoms. The molecule has 27 heavy (non-hydrogen) atoms. The average Bonchev–Trinajstić information content (AvgIpc) is 3.14. The molecule has 9 heteroatoms. The zero-order chi connectivity index (χ0) is 19.1. The Bertz CT molecular complexity index is 1220. The minimum absolute atomic E-state index is 0.205. The van der Waals surface area contributed by atoms with Crippen LogP contribution >= 0.6 is 11.3 Å². The van der Waals surface area contributed by atoms with Gasteiger partial charge in [0.2, 0.25) is 5.91 Å². The Morgan fingerprint density at radius 2 is 1.96 bits per heavy atom. The van der Waals surface area contributed by atoms with E-state index in [1.54, 1.807) is 36.5 Å². The fraction of sp³-hybridized carbons (Fsp3) is 0.222. The van der Waals surface area contributed by atoms with Gasteiger partial charge in [0.15, 0.2) is 0 Å². The Kier molecular flexibility index (Phi) is 4.15. The van der Waals surface area contributed by atoms with Crippen molar-refractivity contribution in [3.8, 4) is 0 Å². The molecule has 0 aliphatic heterocycles. The van der Waals surface area contributed by atoms with Crippen molar-refractivity contribution in [2.75, 3.05) is 10.6 Å². The predicted octanol–water partition coefficient (Wildman–Crippen LogP) is 2.92. The van der Waals surface area contributed by atoms with E-state index in [1.807, 2.05) is 13.8 Å². The number of aryl methyl sites for hydroxylation is 2. The first kappa shape index (κ1) is 17.2. The monoisotopic (exact) mass is 382 g/mol. The standard InChI is InChI=1S/C18H18N6O2S/c1-8-10(3)27-17-14(8)15(19-7-20-17)21-9(2)16(25)22-11-4-5-12-13(6-11)24-18(26)23-12/h4-7,9H,1-3H3,(H,22,25)(H,19,20,21)(H2,23,24,26)/t9-/m0/s1. The van der Waals surface area contributed by atoms with Crippen LogP contribution in [-0.2, 0) is 4.79 Å². The van der Waals surface area contributed by atoms with Gasteiger partial charge in [-0.25, -0.2) is 14.8 Å². The summed E-state index contributed by atoms with van der Waals surface area (Å²) >= 11 is 1.61. The van der Waals surface area contributed by atoms with Crippen LogP contribution in [0.2, 0.25) is 0 Å². The predicted molar refractivity (Wildman–Crippen MR) is 108 cm³/mol. The second-order valence-corrected chi connectivity index (χ2v) is 7.58. The number of imidazole rings is 1. The van der Waals surface area contributed by atoms with Crippen molar-refractivity contribution in [2.24, 2.45) is 0 Å². The average molecular weight is 382 g/mol. The van der Waals surface area contributed by atoms with Crippen LogP contribution in [0.1, 0.15) is 17.4 Å². The van der Waals surface area contributed by atoms with Crippen LogP contribution in [0.5, 0.6) is 0 Å². The molecular weight excluding hydrogens is 364 g/mol. The molecule has 3 aromatic heterocycles. The van der Waals surface area contributed by atoms with E-state index in [4.69, 9.17) is 0 Å². The zero-order valence-corrected chi connectivity index (χ0v) is 15.8. The van der Waals surface area contributed by atoms with E-state index >= 15 is 0 Å². The Labute approximate surface area is 158 Å². The maximum atomic E-state index is 12.6. The molecular formula is C18H18N6O2S. The smallest absolute Gasteiger partial charge is 0.323 e. The third-order valence-corrected chi connectivity index (χ3v) is 5.61. The van der Waals surface area contributed by atoms with Crippen molar-refractivity contribution in [1.29, 1.82) is 0 Å². The van der Waals surface area contributed by atoms with E-state index in [-0.39, 0.29) is 11.6 Å². The van der Waals surface area contributed by atoms with Gasteiger partial charge in [-0.2, -0.15) is 0 Å². The Morgan fingerprint density at radius 3 is 2.78 bits per heavy atom. The van der Waals surface area contributed by atoms with Gasteiger partial charge in [-0.3, -0.25) is 4.79 Å². The minimum atomic E-state index is -0.510. The number of nitrogens with one attached hydrogen (secondary N) is 4. The van der Waals surface area contributed by atoms with Gasteiger partial charge in [0, 0.05) is 10.6 Å². The van der Waals surface area contributed by atoms with E-state index in [9.17, 15) is 9.59 Å². The normalized spacial score (nSPS) is 12.4. The number of nitrogens with zero attached hydrogens (tertiary/aromatic N) is 2. The molecule has 0 saturated heterocycles. The quantitative estimate of drug-likeness (QED) is 0.433. The van der Waals surface area contributed by atoms with E-state index in [2.05, 4.69) is 30.6 Å². The molecule has 1 amide bonds. The van der Waals surface area contributed by atoms with Crippen LogP contribution in [0.25, 0.3) is 21.3 Å². The first-order valence-corrected chi connectivity index (χ1v) is 9.24. The molecule has 1 aromatic carbocycles. The van der Waals surface area contributed by atoms with Crippen molar-refractivity contribution in [3.63, 3.8) is 0 Å². The molecule has 8 nitrogen and oxygen atoms in total. The molecule has 4 N–H and O–H groups in total. The lowest BCUT2D eigenvalue weighted by molar-refractivity contribution is -0.116. The maximum absolute atomic E-state index is 12.6. The van der Waals surface area contributed by atoms with E-state index in [0.717, 1.165) is 15.8 Å². The highest BCUT2D eigenvalue weighted by Crippen LogP contribution is 2.32. The van der Waals surface area contributed by atoms with Gasteiger partial charge < -0.3 is 20.6 Å². The first-order chi connectivity index (χ1) is 12.9. The van der Waals surface area contributed by atoms with Crippen molar-refractivity contribution >= 4 is 50.0 Å². The van der Waals surface area contributed by atoms with E-state index in [0.29, 0.717) is 22.5 Å². The number of aromatic nitrogens is 4. The number of aromatic amines is 2. The number of amides is 1. The summed E-state index contributed by atoms with van der Waals surface area (Å²) in [6.07, 6.45) is 1.50. The number of hydrogen-bond donors (Lipinski definition) is 4. The topological polar surface area (TPSA) is 116 Å². The van der Waals surface area contributed by atoms with Gasteiger partial charge in [0.05, 0.1) is 16.4 Å². The lowest BCUT2D eigenvalue weighted by atomic mass is 10.2. The van der Waals surface area contributed by atoms with E-state index in [1.165, 1.54) is 11.2 Å². The molecule has 0 radical (unpaired) electrons. The van der Waals surface area contributed by atoms with Crippen molar-refractivity contribution in [1.82, 2.24) is 19.9 Å². The molecule has 0 unspecified atom stereocenters. The van der Waals surface area contributed by atoms with Crippen LogP contribution in [0, 0.1) is 13.8 Å². The molecule has 138 valence electrons. The van der Waals surface area contributed by atoms with Crippen LogP contribution in [0.3, 0.4) is 0 Å². The highest BCUT2D eigenvalue weighted by molar-refractivity contribution is 7.18. The Hall–Kier alpha value is -3.20. The molecule has 0 spiro atoms. The van der Waals surface area contributed by atoms with Gasteiger partial charge in [-0.15, -0.1) is 11.3 Å². The van der Waals surface area contributed by atoms with Crippen LogP contribution < -0.4 is 16.3 Å². The molecule has 0 aliphatic rings. The lowest BCUT2D eigenvalue weighted by Crippen LogP contribution is -2.32. The zero-order valence-electron chi connectivity index (χ0n) is 15.0. The number of fused-ring (bicyclic) bond motifs is 2. The summed E-state index contributed by atoms with van der Waals surface area (Å²) < 4.78 is 0. The third-order valence-electron chi connectivity index (χ3n) is 4.50. The molecule has 4 aromatic rings. The summed E-state index contributed by atoms with van der Waals surface area (Å²) in [5, 5.41) is 6.98. The molecule has 1 atom stereocenters. The van der Waals surface area contributed by atoms with Crippen molar-refractivity contribution in [2.45, 2.75) is 26.8 Å². The number of rotatable bonds is 4. The van der Waals surface area contributed by atoms with Gasteiger partial charge in [0.1, 0.15) is 23.0 Å². The summed E-state index contributed by atoms with van der Waals surface area (Å²) in [7, 11) is 0. The second kappa shape index (κ2) is 6.51. The third kappa shape index (κ3) is 3.17. The fourth-order valence-electron chi connectivity index (χ4n) is 2.92. The molecule has 4 rings (SSSR count). The molecule has 0 saturated carbocycles. The SMILES string of the molecule is Cc1sc2ncnc(N[C@@H](C)C(=O)Nc3ccc4[nH]c(=O)[nH]c4c3)c2c1C. The van der Waals surface area contributed by atoms with Gasteiger partial charge >= 0.3 is 5.69 Å². The summed E-state index contributed by atoms with van der Waals surface area (Å²) in [6.45, 7) is 5.85. The number of carbonyl (C=O) groups excluding carboxylic acids is 1. The first-order valence-electron chi connectivity index (χ1n) is 8.42. The summed E-state index contributed by atoms with van der Waals surface area (Å²) in [5.74, 6) is 0.443. The number of thiophene rings is 1. The summed E-state index contributed by atoms with van der Waals surface area (Å²) in [6, 6.07) is 4.69. The van der Waals surface area contributed by atoms with Gasteiger partial charge in [0.25, 0.3) is 0 Å². The summed E-state index contributed by atoms with van der Waals surface area (Å²) in [5.41, 5.74) is 2.77. The second-order valence-electron chi connectivity index (χ2n) is 6.38. The lowest BCUT2D eigenvalue weighted by Gasteiger charge is -2.15. The van der Waals surface area contributed by atoms with Crippen molar-refractivity contribution < 1.29 is 4.79 Å². The number of H-pyrrole nitrogens is 2. The minimum Gasteiger partial charge on any atom is -0.358 e.